The van der Waals surface area contributed by atoms with Crippen molar-refractivity contribution in [3.8, 4) is 5.69 Å². The van der Waals surface area contributed by atoms with Gasteiger partial charge < -0.3 is 5.32 Å². The van der Waals surface area contributed by atoms with Gasteiger partial charge in [0.25, 0.3) is 0 Å². The predicted octanol–water partition coefficient (Wildman–Crippen LogP) is 2.38. The maximum Gasteiger partial charge on any atom is 0.235 e. The van der Waals surface area contributed by atoms with Crippen molar-refractivity contribution < 1.29 is 4.79 Å². The number of fused-ring (bicyclic) bond motifs is 1. The van der Waals surface area contributed by atoms with Crippen molar-refractivity contribution in [2.24, 2.45) is 7.05 Å². The number of benzene rings is 1. The lowest BCUT2D eigenvalue weighted by atomic mass is 10.1. The molecule has 3 aromatic rings. The van der Waals surface area contributed by atoms with Crippen LogP contribution in [0.4, 0.5) is 5.82 Å². The molecule has 0 spiro atoms. The van der Waals surface area contributed by atoms with Crippen molar-refractivity contribution in [3.63, 3.8) is 0 Å². The summed E-state index contributed by atoms with van der Waals surface area (Å²) in [4.78, 5) is 12.1. The van der Waals surface area contributed by atoms with Gasteiger partial charge in [-0.1, -0.05) is 18.2 Å². The molecule has 0 fully saturated rings. The van der Waals surface area contributed by atoms with E-state index in [0.717, 1.165) is 22.6 Å². The molecule has 0 saturated carbocycles. The summed E-state index contributed by atoms with van der Waals surface area (Å²) in [6, 6.07) is 9.80. The summed E-state index contributed by atoms with van der Waals surface area (Å²) in [7, 11) is 1.89. The van der Waals surface area contributed by atoms with Gasteiger partial charge in [0, 0.05) is 24.4 Å². The Balaban J connectivity index is 1.84. The van der Waals surface area contributed by atoms with E-state index in [4.69, 9.17) is 0 Å². The van der Waals surface area contributed by atoms with Crippen LogP contribution in [0, 0.1) is 0 Å². The lowest BCUT2D eigenvalue weighted by Crippen LogP contribution is -2.15. The van der Waals surface area contributed by atoms with E-state index < -0.39 is 0 Å². The van der Waals surface area contributed by atoms with Gasteiger partial charge in [-0.05, 0) is 12.1 Å². The molecule has 0 saturated heterocycles. The SMILES string of the molecule is Cn1cc([C@@H]2SCC(=O)Nc3c2cnn3-c2ccccc2)cn1. The zero-order valence-electron chi connectivity index (χ0n) is 12.5. The Hall–Kier alpha value is -2.54. The van der Waals surface area contributed by atoms with Gasteiger partial charge in [0.1, 0.15) is 5.82 Å². The van der Waals surface area contributed by atoms with Crippen molar-refractivity contribution in [2.45, 2.75) is 5.25 Å². The minimum Gasteiger partial charge on any atom is -0.310 e. The molecule has 23 heavy (non-hydrogen) atoms. The quantitative estimate of drug-likeness (QED) is 0.786. The van der Waals surface area contributed by atoms with Crippen LogP contribution in [0.25, 0.3) is 5.69 Å². The number of rotatable bonds is 2. The van der Waals surface area contributed by atoms with Gasteiger partial charge in [0.15, 0.2) is 0 Å². The topological polar surface area (TPSA) is 64.7 Å². The number of para-hydroxylation sites is 1. The van der Waals surface area contributed by atoms with Crippen molar-refractivity contribution in [1.29, 1.82) is 0 Å². The summed E-state index contributed by atoms with van der Waals surface area (Å²) < 4.78 is 3.56. The Morgan fingerprint density at radius 1 is 1.22 bits per heavy atom. The fraction of sp³-hybridized carbons (Fsp3) is 0.188. The van der Waals surface area contributed by atoms with Gasteiger partial charge in [0.05, 0.1) is 29.1 Å². The van der Waals surface area contributed by atoms with Gasteiger partial charge in [-0.3, -0.25) is 9.48 Å². The molecule has 6 nitrogen and oxygen atoms in total. The summed E-state index contributed by atoms with van der Waals surface area (Å²) in [6.45, 7) is 0. The highest BCUT2D eigenvalue weighted by Gasteiger charge is 2.28. The maximum atomic E-state index is 12.1. The lowest BCUT2D eigenvalue weighted by Gasteiger charge is -2.12. The molecule has 0 bridgehead atoms. The second-order valence-corrected chi connectivity index (χ2v) is 6.48. The Morgan fingerprint density at radius 3 is 2.78 bits per heavy atom. The minimum absolute atomic E-state index is 0.0136. The van der Waals surface area contributed by atoms with Crippen LogP contribution >= 0.6 is 11.8 Å². The molecule has 1 N–H and O–H groups in total. The Morgan fingerprint density at radius 2 is 2.04 bits per heavy atom. The molecular weight excluding hydrogens is 310 g/mol. The van der Waals surface area contributed by atoms with Gasteiger partial charge in [0.2, 0.25) is 5.91 Å². The third kappa shape index (κ3) is 2.53. The van der Waals surface area contributed by atoms with Crippen LogP contribution in [-0.4, -0.2) is 31.2 Å². The average molecular weight is 325 g/mol. The summed E-state index contributed by atoms with van der Waals surface area (Å²) >= 11 is 1.59. The number of carbonyl (C=O) groups excluding carboxylic acids is 1. The number of thioether (sulfide) groups is 1. The predicted molar refractivity (Wildman–Crippen MR) is 89.7 cm³/mol. The van der Waals surface area contributed by atoms with Gasteiger partial charge in [-0.15, -0.1) is 11.8 Å². The van der Waals surface area contributed by atoms with Crippen LogP contribution in [0.3, 0.4) is 0 Å². The molecule has 1 aromatic carbocycles. The van der Waals surface area contributed by atoms with Crippen molar-refractivity contribution in [3.05, 3.63) is 60.0 Å². The van der Waals surface area contributed by atoms with Gasteiger partial charge in [-0.25, -0.2) is 4.68 Å². The molecule has 0 radical (unpaired) electrons. The van der Waals surface area contributed by atoms with Crippen LogP contribution in [0.2, 0.25) is 0 Å². The molecule has 1 amide bonds. The fourth-order valence-electron chi connectivity index (χ4n) is 2.71. The van der Waals surface area contributed by atoms with Gasteiger partial charge >= 0.3 is 0 Å². The molecule has 1 aliphatic heterocycles. The second kappa shape index (κ2) is 5.58. The molecule has 3 heterocycles. The number of hydrogen-bond acceptors (Lipinski definition) is 4. The standard InChI is InChI=1S/C16H15N5OS/c1-20-9-11(7-17-20)15-13-8-18-21(12-5-3-2-4-6-12)16(13)19-14(22)10-23-15/h2-9,15H,10H2,1H3,(H,19,22)/t15-/m0/s1. The first-order chi connectivity index (χ1) is 11.2. The molecule has 116 valence electrons. The van der Waals surface area contributed by atoms with Gasteiger partial charge in [-0.2, -0.15) is 10.2 Å². The number of nitrogens with one attached hydrogen (secondary N) is 1. The van der Waals surface area contributed by atoms with E-state index in [1.54, 1.807) is 21.1 Å². The van der Waals surface area contributed by atoms with E-state index in [1.807, 2.05) is 56.0 Å². The highest BCUT2D eigenvalue weighted by Crippen LogP contribution is 2.41. The number of nitrogens with zero attached hydrogens (tertiary/aromatic N) is 4. The van der Waals surface area contributed by atoms with Crippen LogP contribution in [-0.2, 0) is 11.8 Å². The molecule has 7 heteroatoms. The molecular formula is C16H15N5OS. The first-order valence-corrected chi connectivity index (χ1v) is 8.30. The third-order valence-corrected chi connectivity index (χ3v) is 5.04. The van der Waals surface area contributed by atoms with E-state index in [9.17, 15) is 4.79 Å². The van der Waals surface area contributed by atoms with E-state index >= 15 is 0 Å². The average Bonchev–Trinajstić information content (AvgIpc) is 3.12. The smallest absolute Gasteiger partial charge is 0.235 e. The zero-order valence-corrected chi connectivity index (χ0v) is 13.3. The second-order valence-electron chi connectivity index (χ2n) is 5.38. The van der Waals surface area contributed by atoms with Crippen molar-refractivity contribution in [2.75, 3.05) is 11.1 Å². The number of amides is 1. The number of carbonyl (C=O) groups is 1. The Bertz CT molecular complexity index is 854. The summed E-state index contributed by atoms with van der Waals surface area (Å²) in [5.74, 6) is 1.13. The minimum atomic E-state index is -0.0136. The monoisotopic (exact) mass is 325 g/mol. The normalized spacial score (nSPS) is 17.4. The van der Waals surface area contributed by atoms with Crippen LogP contribution in [0.15, 0.2) is 48.9 Å². The Labute approximate surface area is 137 Å². The first-order valence-electron chi connectivity index (χ1n) is 7.26. The van der Waals surface area contributed by atoms with E-state index in [1.165, 1.54) is 0 Å². The van der Waals surface area contributed by atoms with Crippen LogP contribution < -0.4 is 5.32 Å². The molecule has 1 aliphatic rings. The van der Waals surface area contributed by atoms with Crippen LogP contribution in [0.5, 0.6) is 0 Å². The molecule has 1 atom stereocenters. The number of hydrogen-bond donors (Lipinski definition) is 1. The van der Waals surface area contributed by atoms with E-state index in [2.05, 4.69) is 15.5 Å². The fourth-order valence-corrected chi connectivity index (χ4v) is 3.77. The zero-order chi connectivity index (χ0) is 15.8. The largest absolute Gasteiger partial charge is 0.310 e. The number of aromatic nitrogens is 4. The highest BCUT2D eigenvalue weighted by molar-refractivity contribution is 8.00. The number of anilines is 1. The van der Waals surface area contributed by atoms with Crippen molar-refractivity contribution in [1.82, 2.24) is 19.6 Å². The molecule has 0 aliphatic carbocycles. The van der Waals surface area contributed by atoms with E-state index in [-0.39, 0.29) is 11.2 Å². The summed E-state index contributed by atoms with van der Waals surface area (Å²) in [6.07, 6.45) is 5.66. The molecule has 4 rings (SSSR count). The lowest BCUT2D eigenvalue weighted by molar-refractivity contribution is -0.113. The summed E-state index contributed by atoms with van der Waals surface area (Å²) in [5.41, 5.74) is 2.99. The first kappa shape index (κ1) is 14.1. The highest BCUT2D eigenvalue weighted by atomic mass is 32.2. The maximum absolute atomic E-state index is 12.1. The van der Waals surface area contributed by atoms with Crippen molar-refractivity contribution >= 4 is 23.5 Å². The molecule has 2 aromatic heterocycles. The Kier molecular flexibility index (Phi) is 3.42. The number of aryl methyl sites for hydroxylation is 1. The third-order valence-electron chi connectivity index (χ3n) is 3.75. The molecule has 0 unspecified atom stereocenters. The summed E-state index contributed by atoms with van der Waals surface area (Å²) in [5, 5.41) is 11.8. The van der Waals surface area contributed by atoms with E-state index in [0.29, 0.717) is 5.75 Å². The van der Waals surface area contributed by atoms with Crippen LogP contribution in [0.1, 0.15) is 16.4 Å².